The first-order valence-electron chi connectivity index (χ1n) is 6.48. The number of hydrogen-bond donors (Lipinski definition) is 1. The summed E-state index contributed by atoms with van der Waals surface area (Å²) in [5, 5.41) is 8.66. The van der Waals surface area contributed by atoms with Crippen molar-refractivity contribution in [3.8, 4) is 11.8 Å². The van der Waals surface area contributed by atoms with Gasteiger partial charge >= 0.3 is 0 Å². The number of aliphatic hydroxyl groups is 1. The summed E-state index contributed by atoms with van der Waals surface area (Å²) in [6.07, 6.45) is 0. The van der Waals surface area contributed by atoms with Crippen molar-refractivity contribution in [1.82, 2.24) is 9.80 Å². The highest BCUT2D eigenvalue weighted by molar-refractivity contribution is 5.38. The molecule has 1 saturated heterocycles. The molecular weight excluding hydrogens is 243 g/mol. The summed E-state index contributed by atoms with van der Waals surface area (Å²) < 4.78 is 13.5. The van der Waals surface area contributed by atoms with Crippen molar-refractivity contribution in [3.63, 3.8) is 0 Å². The summed E-state index contributed by atoms with van der Waals surface area (Å²) in [6, 6.07) is 5.03. The lowest BCUT2D eigenvalue weighted by Crippen LogP contribution is -2.43. The third-order valence-electron chi connectivity index (χ3n) is 3.33. The second-order valence-electron chi connectivity index (χ2n) is 4.85. The van der Waals surface area contributed by atoms with Crippen molar-refractivity contribution in [2.45, 2.75) is 6.54 Å². The molecule has 0 amide bonds. The van der Waals surface area contributed by atoms with Gasteiger partial charge in [0.25, 0.3) is 0 Å². The number of hydrogen-bond acceptors (Lipinski definition) is 3. The predicted molar refractivity (Wildman–Crippen MR) is 73.1 cm³/mol. The Morgan fingerprint density at radius 2 is 2.00 bits per heavy atom. The summed E-state index contributed by atoms with van der Waals surface area (Å²) >= 11 is 0. The maximum absolute atomic E-state index is 13.5. The van der Waals surface area contributed by atoms with Gasteiger partial charge in [0.2, 0.25) is 0 Å². The molecule has 19 heavy (non-hydrogen) atoms. The summed E-state index contributed by atoms with van der Waals surface area (Å²) in [5.41, 5.74) is 1.42. The number of rotatable bonds is 2. The minimum absolute atomic E-state index is 0.248. The van der Waals surface area contributed by atoms with Crippen molar-refractivity contribution in [3.05, 3.63) is 35.1 Å². The van der Waals surface area contributed by atoms with Crippen molar-refractivity contribution >= 4 is 0 Å². The molecule has 3 nitrogen and oxygen atoms in total. The fourth-order valence-electron chi connectivity index (χ4n) is 2.17. The summed E-state index contributed by atoms with van der Waals surface area (Å²) in [4.78, 5) is 4.66. The van der Waals surface area contributed by atoms with Gasteiger partial charge in [-0.15, -0.1) is 0 Å². The molecule has 0 radical (unpaired) electrons. The lowest BCUT2D eigenvalue weighted by Gasteiger charge is -2.32. The van der Waals surface area contributed by atoms with Gasteiger partial charge in [-0.3, -0.25) is 4.90 Å². The number of halogens is 1. The van der Waals surface area contributed by atoms with Crippen LogP contribution in [0.4, 0.5) is 4.39 Å². The molecule has 1 aromatic rings. The Morgan fingerprint density at radius 3 is 2.68 bits per heavy atom. The number of aliphatic hydroxyl groups excluding tert-OH is 1. The second kappa shape index (κ2) is 6.67. The number of piperazine rings is 1. The number of likely N-dealkylation sites (N-methyl/N-ethyl adjacent to an activating group) is 1. The molecule has 4 heteroatoms. The molecule has 1 heterocycles. The highest BCUT2D eigenvalue weighted by Gasteiger charge is 2.14. The zero-order valence-corrected chi connectivity index (χ0v) is 11.2. The predicted octanol–water partition coefficient (Wildman–Crippen LogP) is 0.917. The first-order chi connectivity index (χ1) is 9.19. The van der Waals surface area contributed by atoms with Gasteiger partial charge in [-0.25, -0.2) is 4.39 Å². The molecular formula is C15H19FN2O. The topological polar surface area (TPSA) is 26.7 Å². The van der Waals surface area contributed by atoms with Gasteiger partial charge in [0.05, 0.1) is 5.56 Å². The Balaban J connectivity index is 2.04. The van der Waals surface area contributed by atoms with E-state index in [2.05, 4.69) is 28.7 Å². The van der Waals surface area contributed by atoms with E-state index in [9.17, 15) is 4.39 Å². The van der Waals surface area contributed by atoms with E-state index in [-0.39, 0.29) is 12.4 Å². The molecule has 1 fully saturated rings. The van der Waals surface area contributed by atoms with Gasteiger partial charge in [0, 0.05) is 32.7 Å². The highest BCUT2D eigenvalue weighted by atomic mass is 19.1. The molecule has 1 aromatic carbocycles. The minimum atomic E-state index is -0.330. The molecule has 0 aliphatic carbocycles. The van der Waals surface area contributed by atoms with Crippen molar-refractivity contribution in [1.29, 1.82) is 0 Å². The molecule has 0 unspecified atom stereocenters. The van der Waals surface area contributed by atoms with E-state index in [1.165, 1.54) is 6.07 Å². The van der Waals surface area contributed by atoms with E-state index in [1.807, 2.05) is 0 Å². The van der Waals surface area contributed by atoms with Crippen LogP contribution >= 0.6 is 0 Å². The largest absolute Gasteiger partial charge is 0.384 e. The van der Waals surface area contributed by atoms with E-state index < -0.39 is 0 Å². The maximum Gasteiger partial charge on any atom is 0.138 e. The SMILES string of the molecule is CN1CCN(Cc2ccc(F)c(C#CCO)c2)CC1. The van der Waals surface area contributed by atoms with E-state index >= 15 is 0 Å². The van der Waals surface area contributed by atoms with Gasteiger partial charge in [-0.2, -0.15) is 0 Å². The Labute approximate surface area is 113 Å². The molecule has 2 rings (SSSR count). The van der Waals surface area contributed by atoms with E-state index in [1.54, 1.807) is 12.1 Å². The standard InChI is InChI=1S/C15H19FN2O/c1-17-6-8-18(9-7-17)12-13-4-5-15(16)14(11-13)3-2-10-19/h4-5,11,19H,6-10,12H2,1H3. The lowest BCUT2D eigenvalue weighted by molar-refractivity contribution is 0.148. The molecule has 0 bridgehead atoms. The first kappa shape index (κ1) is 14.0. The third kappa shape index (κ3) is 4.03. The number of benzene rings is 1. The average Bonchev–Trinajstić information content (AvgIpc) is 2.42. The maximum atomic E-state index is 13.5. The normalized spacial score (nSPS) is 17.0. The smallest absolute Gasteiger partial charge is 0.138 e. The van der Waals surface area contributed by atoms with Crippen LogP contribution in [0.1, 0.15) is 11.1 Å². The fourth-order valence-corrected chi connectivity index (χ4v) is 2.17. The average molecular weight is 262 g/mol. The van der Waals surface area contributed by atoms with Gasteiger partial charge < -0.3 is 10.0 Å². The zero-order chi connectivity index (χ0) is 13.7. The van der Waals surface area contributed by atoms with Crippen molar-refractivity contribution in [2.75, 3.05) is 39.8 Å². The Kier molecular flexibility index (Phi) is 4.92. The molecule has 102 valence electrons. The van der Waals surface area contributed by atoms with Crippen LogP contribution in [0.15, 0.2) is 18.2 Å². The Hall–Kier alpha value is -1.41. The van der Waals surface area contributed by atoms with Crippen LogP contribution in [0.25, 0.3) is 0 Å². The van der Waals surface area contributed by atoms with Gasteiger partial charge in [-0.05, 0) is 24.7 Å². The van der Waals surface area contributed by atoms with E-state index in [0.717, 1.165) is 38.3 Å². The first-order valence-corrected chi connectivity index (χ1v) is 6.48. The molecule has 1 aliphatic rings. The third-order valence-corrected chi connectivity index (χ3v) is 3.33. The number of nitrogens with zero attached hydrogens (tertiary/aromatic N) is 2. The summed E-state index contributed by atoms with van der Waals surface area (Å²) in [5.74, 6) is 4.80. The van der Waals surface area contributed by atoms with Crippen molar-refractivity contribution < 1.29 is 9.50 Å². The highest BCUT2D eigenvalue weighted by Crippen LogP contribution is 2.13. The second-order valence-corrected chi connectivity index (χ2v) is 4.85. The van der Waals surface area contributed by atoms with Crippen LogP contribution in [0.2, 0.25) is 0 Å². The van der Waals surface area contributed by atoms with E-state index in [0.29, 0.717) is 5.56 Å². The van der Waals surface area contributed by atoms with Gasteiger partial charge in [0.1, 0.15) is 12.4 Å². The van der Waals surface area contributed by atoms with Crippen LogP contribution in [0.3, 0.4) is 0 Å². The van der Waals surface area contributed by atoms with Crippen LogP contribution in [-0.2, 0) is 6.54 Å². The zero-order valence-electron chi connectivity index (χ0n) is 11.2. The van der Waals surface area contributed by atoms with E-state index in [4.69, 9.17) is 5.11 Å². The van der Waals surface area contributed by atoms with Crippen LogP contribution in [0.5, 0.6) is 0 Å². The molecule has 0 spiro atoms. The Bertz CT molecular complexity index is 485. The van der Waals surface area contributed by atoms with Crippen molar-refractivity contribution in [2.24, 2.45) is 0 Å². The van der Waals surface area contributed by atoms with Crippen LogP contribution < -0.4 is 0 Å². The summed E-state index contributed by atoms with van der Waals surface area (Å²) in [6.45, 7) is 4.78. The summed E-state index contributed by atoms with van der Waals surface area (Å²) in [7, 11) is 2.12. The fraction of sp³-hybridized carbons (Fsp3) is 0.467. The van der Waals surface area contributed by atoms with Crippen LogP contribution in [0, 0.1) is 17.7 Å². The molecule has 0 aromatic heterocycles. The van der Waals surface area contributed by atoms with Gasteiger partial charge in [0.15, 0.2) is 0 Å². The lowest BCUT2D eigenvalue weighted by atomic mass is 10.1. The Morgan fingerprint density at radius 1 is 1.26 bits per heavy atom. The monoisotopic (exact) mass is 262 g/mol. The van der Waals surface area contributed by atoms with Gasteiger partial charge in [-0.1, -0.05) is 17.9 Å². The van der Waals surface area contributed by atoms with Crippen LogP contribution in [-0.4, -0.2) is 54.7 Å². The molecule has 1 aliphatic heterocycles. The minimum Gasteiger partial charge on any atom is -0.384 e. The molecule has 0 atom stereocenters. The molecule has 1 N–H and O–H groups in total. The molecule has 0 saturated carbocycles. The quantitative estimate of drug-likeness (QED) is 0.803.